The maximum absolute atomic E-state index is 3.62. The molecule has 0 aliphatic heterocycles. The molecule has 1 aromatic carbocycles. The van der Waals surface area contributed by atoms with Gasteiger partial charge in [-0.05, 0) is 56.4 Å². The highest BCUT2D eigenvalue weighted by Gasteiger charge is 2.23. The molecule has 1 unspecified atom stereocenters. The molecule has 1 N–H and O–H groups in total. The molecule has 1 atom stereocenters. The van der Waals surface area contributed by atoms with Gasteiger partial charge in [0.05, 0.1) is 0 Å². The van der Waals surface area contributed by atoms with Crippen LogP contribution in [0, 0.1) is 5.92 Å². The summed E-state index contributed by atoms with van der Waals surface area (Å²) >= 11 is 2.07. The van der Waals surface area contributed by atoms with Crippen molar-refractivity contribution in [2.45, 2.75) is 68.1 Å². The van der Waals surface area contributed by atoms with E-state index in [1.165, 1.54) is 55.5 Å². The summed E-state index contributed by atoms with van der Waals surface area (Å²) < 4.78 is 0. The Balaban J connectivity index is 1.49. The van der Waals surface area contributed by atoms with Gasteiger partial charge < -0.3 is 5.32 Å². The molecule has 3 rings (SSSR count). The second-order valence-electron chi connectivity index (χ2n) is 6.27. The van der Waals surface area contributed by atoms with Crippen LogP contribution in [0.1, 0.15) is 51.9 Å². The minimum absolute atomic E-state index is 0.612. The molecule has 0 bridgehead atoms. The van der Waals surface area contributed by atoms with Crippen molar-refractivity contribution in [1.82, 2.24) is 0 Å². The first-order valence-electron chi connectivity index (χ1n) is 7.83. The number of benzene rings is 1. The third-order valence-electron chi connectivity index (χ3n) is 4.26. The third-order valence-corrected chi connectivity index (χ3v) is 5.61. The summed E-state index contributed by atoms with van der Waals surface area (Å²) in [5.41, 5.74) is 1.28. The molecule has 2 saturated carbocycles. The van der Waals surface area contributed by atoms with Gasteiger partial charge >= 0.3 is 0 Å². The van der Waals surface area contributed by atoms with Crippen LogP contribution >= 0.6 is 11.8 Å². The maximum Gasteiger partial charge on any atom is 0.0342 e. The average Bonchev–Trinajstić information content (AvgIpc) is 3.05. The molecule has 2 fully saturated rings. The molecule has 19 heavy (non-hydrogen) atoms. The molecule has 2 aliphatic carbocycles. The van der Waals surface area contributed by atoms with E-state index >= 15 is 0 Å². The summed E-state index contributed by atoms with van der Waals surface area (Å²) in [6.45, 7) is 2.31. The summed E-state index contributed by atoms with van der Waals surface area (Å²) in [5.74, 6) is 1.000. The third kappa shape index (κ3) is 4.17. The zero-order valence-corrected chi connectivity index (χ0v) is 12.7. The lowest BCUT2D eigenvalue weighted by Gasteiger charge is -2.15. The zero-order chi connectivity index (χ0) is 13.1. The molecule has 1 nitrogen and oxygen atoms in total. The fourth-order valence-electron chi connectivity index (χ4n) is 3.03. The van der Waals surface area contributed by atoms with Crippen molar-refractivity contribution in [3.8, 4) is 0 Å². The minimum Gasteiger partial charge on any atom is -0.383 e. The van der Waals surface area contributed by atoms with E-state index < -0.39 is 0 Å². The highest BCUT2D eigenvalue weighted by atomic mass is 32.2. The van der Waals surface area contributed by atoms with Crippen LogP contribution in [0.5, 0.6) is 0 Å². The predicted molar refractivity (Wildman–Crippen MR) is 85.0 cm³/mol. The van der Waals surface area contributed by atoms with E-state index in [2.05, 4.69) is 48.3 Å². The minimum atomic E-state index is 0.612. The summed E-state index contributed by atoms with van der Waals surface area (Å²) in [4.78, 5) is 1.44. The number of nitrogens with one attached hydrogen (secondary N) is 1. The Morgan fingerprint density at radius 3 is 2.42 bits per heavy atom. The monoisotopic (exact) mass is 275 g/mol. The number of rotatable bonds is 6. The molecule has 0 amide bonds. The van der Waals surface area contributed by atoms with Crippen LogP contribution in [-0.2, 0) is 0 Å². The van der Waals surface area contributed by atoms with Gasteiger partial charge in [0.25, 0.3) is 0 Å². The molecule has 0 radical (unpaired) electrons. The smallest absolute Gasteiger partial charge is 0.0342 e. The van der Waals surface area contributed by atoms with Crippen molar-refractivity contribution in [3.63, 3.8) is 0 Å². The first kappa shape index (κ1) is 13.4. The fourth-order valence-corrected chi connectivity index (χ4v) is 4.27. The molecular weight excluding hydrogens is 250 g/mol. The first-order valence-corrected chi connectivity index (χ1v) is 8.71. The molecule has 0 heterocycles. The highest BCUT2D eigenvalue weighted by molar-refractivity contribution is 8.00. The number of hydrogen-bond acceptors (Lipinski definition) is 2. The predicted octanol–water partition coefficient (Wildman–Crippen LogP) is 5.32. The van der Waals surface area contributed by atoms with Crippen LogP contribution in [0.2, 0.25) is 0 Å². The van der Waals surface area contributed by atoms with E-state index in [0.717, 1.165) is 11.2 Å². The van der Waals surface area contributed by atoms with Crippen LogP contribution in [-0.4, -0.2) is 11.3 Å². The van der Waals surface area contributed by atoms with E-state index in [1.54, 1.807) is 0 Å². The van der Waals surface area contributed by atoms with Crippen LogP contribution in [0.15, 0.2) is 29.2 Å². The van der Waals surface area contributed by atoms with Gasteiger partial charge in [0, 0.05) is 21.9 Å². The Labute approximate surface area is 121 Å². The van der Waals surface area contributed by atoms with Crippen molar-refractivity contribution in [1.29, 1.82) is 0 Å². The lowest BCUT2D eigenvalue weighted by atomic mass is 10.1. The molecular formula is C17H25NS. The average molecular weight is 275 g/mol. The van der Waals surface area contributed by atoms with Gasteiger partial charge in [-0.3, -0.25) is 0 Å². The second kappa shape index (κ2) is 6.21. The van der Waals surface area contributed by atoms with Gasteiger partial charge in [0.15, 0.2) is 0 Å². The van der Waals surface area contributed by atoms with Gasteiger partial charge in [0.1, 0.15) is 0 Å². The van der Waals surface area contributed by atoms with Crippen molar-refractivity contribution < 1.29 is 0 Å². The van der Waals surface area contributed by atoms with Gasteiger partial charge in [-0.2, -0.15) is 0 Å². The maximum atomic E-state index is 3.62. The summed E-state index contributed by atoms with van der Waals surface area (Å²) in [6, 6.07) is 9.69. The Morgan fingerprint density at radius 2 is 1.79 bits per heavy atom. The molecule has 0 aromatic heterocycles. The highest BCUT2D eigenvalue weighted by Crippen LogP contribution is 2.36. The summed E-state index contributed by atoms with van der Waals surface area (Å²) in [7, 11) is 0. The quantitative estimate of drug-likeness (QED) is 0.754. The zero-order valence-electron chi connectivity index (χ0n) is 11.9. The number of anilines is 1. The summed E-state index contributed by atoms with van der Waals surface area (Å²) in [5, 5.41) is 4.49. The Kier molecular flexibility index (Phi) is 4.37. The number of hydrogen-bond donors (Lipinski definition) is 1. The Morgan fingerprint density at radius 1 is 1.11 bits per heavy atom. The van der Waals surface area contributed by atoms with Gasteiger partial charge in [0.2, 0.25) is 0 Å². The molecule has 1 aromatic rings. The van der Waals surface area contributed by atoms with Gasteiger partial charge in [-0.25, -0.2) is 0 Å². The van der Waals surface area contributed by atoms with Gasteiger partial charge in [-0.15, -0.1) is 11.8 Å². The lowest BCUT2D eigenvalue weighted by Crippen LogP contribution is -2.15. The van der Waals surface area contributed by atoms with E-state index in [9.17, 15) is 0 Å². The Hall–Kier alpha value is -0.630. The molecule has 104 valence electrons. The van der Waals surface area contributed by atoms with E-state index in [4.69, 9.17) is 0 Å². The number of thioether (sulfide) groups is 1. The van der Waals surface area contributed by atoms with Gasteiger partial charge in [-0.1, -0.05) is 25.7 Å². The molecule has 0 saturated heterocycles. The molecule has 0 spiro atoms. The second-order valence-corrected chi connectivity index (χ2v) is 7.65. The molecule has 2 heteroatoms. The van der Waals surface area contributed by atoms with E-state index in [-0.39, 0.29) is 0 Å². The summed E-state index contributed by atoms with van der Waals surface area (Å²) in [6.07, 6.45) is 9.89. The fraction of sp³-hybridized carbons (Fsp3) is 0.647. The first-order chi connectivity index (χ1) is 9.29. The van der Waals surface area contributed by atoms with Crippen molar-refractivity contribution >= 4 is 17.4 Å². The SMILES string of the molecule is CC(CC1CC1)Nc1ccc(SC2CCCC2)cc1. The van der Waals surface area contributed by atoms with Crippen LogP contribution in [0.3, 0.4) is 0 Å². The Bertz CT molecular complexity index is 390. The van der Waals surface area contributed by atoms with E-state index in [0.29, 0.717) is 6.04 Å². The van der Waals surface area contributed by atoms with Crippen LogP contribution in [0.25, 0.3) is 0 Å². The van der Waals surface area contributed by atoms with Crippen LogP contribution < -0.4 is 5.32 Å². The standard InChI is InChI=1S/C17H25NS/c1-13(12-14-6-7-14)18-15-8-10-17(11-9-15)19-16-4-2-3-5-16/h8-11,13-14,16,18H,2-7,12H2,1H3. The topological polar surface area (TPSA) is 12.0 Å². The largest absolute Gasteiger partial charge is 0.383 e. The molecule has 2 aliphatic rings. The van der Waals surface area contributed by atoms with Crippen molar-refractivity contribution in [3.05, 3.63) is 24.3 Å². The normalized spacial score (nSPS) is 21.5. The van der Waals surface area contributed by atoms with Crippen molar-refractivity contribution in [2.24, 2.45) is 5.92 Å². The van der Waals surface area contributed by atoms with Crippen molar-refractivity contribution in [2.75, 3.05) is 5.32 Å². The lowest BCUT2D eigenvalue weighted by molar-refractivity contribution is 0.642. The van der Waals surface area contributed by atoms with E-state index in [1.807, 2.05) is 0 Å². The van der Waals surface area contributed by atoms with Crippen LogP contribution in [0.4, 0.5) is 5.69 Å².